The molecule has 0 aliphatic rings. The van der Waals surface area contributed by atoms with Crippen LogP contribution in [-0.2, 0) is 0 Å². The Bertz CT molecular complexity index is 443. The maximum Gasteiger partial charge on any atom is 0.301 e. The normalized spacial score (nSPS) is 8.47. The van der Waals surface area contributed by atoms with Crippen molar-refractivity contribution in [2.45, 2.75) is 60.3 Å². The van der Waals surface area contributed by atoms with Gasteiger partial charge in [0, 0.05) is 0 Å². The lowest BCUT2D eigenvalue weighted by Crippen LogP contribution is -2.04. The van der Waals surface area contributed by atoms with E-state index in [1.165, 1.54) is 13.8 Å². The van der Waals surface area contributed by atoms with Gasteiger partial charge in [0.1, 0.15) is 37.2 Å². The third-order valence-corrected chi connectivity index (χ3v) is 1.12. The fraction of sp³-hybridized carbons (Fsp3) is 0.500. The molecule has 3 unspecified atom stereocenters. The van der Waals surface area contributed by atoms with Crippen LogP contribution >= 0.6 is 9.90 Å². The fourth-order valence-corrected chi connectivity index (χ4v) is 0. The van der Waals surface area contributed by atoms with E-state index in [0.29, 0.717) is 6.92 Å². The van der Waals surface area contributed by atoms with Gasteiger partial charge in [-0.1, -0.05) is 6.58 Å². The van der Waals surface area contributed by atoms with E-state index in [-0.39, 0.29) is 87.1 Å². The van der Waals surface area contributed by atoms with E-state index < -0.39 is 49.0 Å². The van der Waals surface area contributed by atoms with Gasteiger partial charge in [-0.15, -0.1) is 0 Å². The molecule has 0 aromatic rings. The number of alkyl halides is 5. The van der Waals surface area contributed by atoms with Crippen molar-refractivity contribution in [2.24, 2.45) is 0 Å². The number of halogens is 20. The van der Waals surface area contributed by atoms with Gasteiger partial charge < -0.3 is 25.8 Å². The highest BCUT2D eigenvalue weighted by atomic mass is 31.0. The van der Waals surface area contributed by atoms with E-state index in [9.17, 15) is 57.1 Å². The van der Waals surface area contributed by atoms with Crippen LogP contribution in [0.15, 0.2) is 48.6 Å². The Morgan fingerprint density at radius 3 is 0.721 bits per heavy atom. The largest absolute Gasteiger partial charge is 0.870 e. The third-order valence-electron chi connectivity index (χ3n) is 1.12. The third kappa shape index (κ3) is 404. The first-order chi connectivity index (χ1) is 13.8. The molecule has 0 radical (unpaired) electrons. The number of rotatable bonds is 2. The van der Waals surface area contributed by atoms with Gasteiger partial charge >= 0.3 is 6.08 Å². The molecule has 0 heterocycles. The highest BCUT2D eigenvalue weighted by molar-refractivity contribution is 6.92. The predicted octanol–water partition coefficient (Wildman–Crippen LogP) is 11.7. The van der Waals surface area contributed by atoms with Crippen molar-refractivity contribution in [3.05, 3.63) is 63.5 Å². The molecular formula is C20H45F20O2P-4. The molecule has 0 saturated heterocycles. The molecule has 2 nitrogen and oxygen atoms in total. The number of hydrogen-bond donors (Lipinski definition) is 0. The molecule has 0 rings (SSSR count). The first-order valence-electron chi connectivity index (χ1n) is 7.79. The lowest BCUT2D eigenvalue weighted by atomic mass is 10.5. The summed E-state index contributed by atoms with van der Waals surface area (Å²) in [7, 11) is 0. The van der Waals surface area contributed by atoms with Gasteiger partial charge in [0.2, 0.25) is 0 Å². The Kier molecular flexibility index (Phi) is 281. The van der Waals surface area contributed by atoms with Gasteiger partial charge in [0.25, 0.3) is 6.43 Å². The van der Waals surface area contributed by atoms with Crippen LogP contribution in [-0.4, -0.2) is 36.4 Å². The quantitative estimate of drug-likeness (QED) is 0.161. The van der Waals surface area contributed by atoms with E-state index in [0.717, 1.165) is 20.8 Å². The number of allylic oxidation sites excluding steroid dienone is 4. The second kappa shape index (κ2) is 97.4. The molecule has 0 aliphatic heterocycles. The van der Waals surface area contributed by atoms with E-state index in [1.54, 1.807) is 0 Å². The summed E-state index contributed by atoms with van der Waals surface area (Å²) >= 11 is 0. The van der Waals surface area contributed by atoms with Gasteiger partial charge in [-0.3, -0.25) is 32.9 Å². The maximum absolute atomic E-state index is 11.1. The van der Waals surface area contributed by atoms with Crippen molar-refractivity contribution in [1.82, 2.24) is 0 Å². The van der Waals surface area contributed by atoms with Crippen LogP contribution in [0, 0.1) is 14.9 Å². The Morgan fingerprint density at radius 2 is 0.721 bits per heavy atom. The summed E-state index contributed by atoms with van der Waals surface area (Å²) in [5.41, 5.74) is 0. The molecule has 0 aromatic carbocycles. The van der Waals surface area contributed by atoms with Gasteiger partial charge in [-0.05, 0) is 41.5 Å². The molecule has 23 heteroatoms. The molecule has 0 fully saturated rings. The predicted molar refractivity (Wildman–Crippen MR) is 142 cm³/mol. The summed E-state index contributed by atoms with van der Waals surface area (Å²) in [6, 6.07) is 0. The topological polar surface area (TPSA) is 60.0 Å². The molecule has 286 valence electrons. The SMILES string of the molecule is C/C(F)=C\F.C/C(F)=C\F.C=C(C)F.CC(F)=C(F)F.CC(F)C(F)F.CC(F)CF.F.F.F.F.F.F.F.P.[CH3-].[CH3-].[OH-].[OH-]. The summed E-state index contributed by atoms with van der Waals surface area (Å²) in [6.07, 6.45) is -8.49. The molecule has 0 bridgehead atoms. The smallest absolute Gasteiger partial charge is 0.301 e. The highest BCUT2D eigenvalue weighted by Gasteiger charge is 2.10. The Morgan fingerprint density at radius 1 is 0.628 bits per heavy atom. The van der Waals surface area contributed by atoms with Crippen molar-refractivity contribution in [2.75, 3.05) is 6.67 Å². The van der Waals surface area contributed by atoms with Crippen molar-refractivity contribution >= 4 is 9.90 Å². The van der Waals surface area contributed by atoms with Crippen LogP contribution in [0.3, 0.4) is 0 Å². The molecule has 0 spiro atoms. The van der Waals surface area contributed by atoms with E-state index in [4.69, 9.17) is 0 Å². The summed E-state index contributed by atoms with van der Waals surface area (Å²) in [4.78, 5) is 0. The zero-order valence-corrected chi connectivity index (χ0v) is 25.6. The van der Waals surface area contributed by atoms with Gasteiger partial charge in [0.05, 0.1) is 5.83 Å². The Labute approximate surface area is 242 Å². The van der Waals surface area contributed by atoms with Crippen LogP contribution in [0.2, 0.25) is 0 Å². The summed E-state index contributed by atoms with van der Waals surface area (Å²) in [5.74, 6) is -3.31. The molecule has 0 aliphatic carbocycles. The average Bonchev–Trinajstić information content (AvgIpc) is 2.62. The minimum absolute atomic E-state index is 0. The minimum Gasteiger partial charge on any atom is -0.870 e. The van der Waals surface area contributed by atoms with Crippen LogP contribution in [0.25, 0.3) is 0 Å². The van der Waals surface area contributed by atoms with Crippen molar-refractivity contribution in [3.63, 3.8) is 0 Å². The van der Waals surface area contributed by atoms with E-state index in [2.05, 4.69) is 6.58 Å². The van der Waals surface area contributed by atoms with E-state index in [1.807, 2.05) is 0 Å². The Hall–Kier alpha value is -2.09. The highest BCUT2D eigenvalue weighted by Crippen LogP contribution is 2.05. The zero-order valence-electron chi connectivity index (χ0n) is 24.2. The Balaban J connectivity index is -0.0000000104. The van der Waals surface area contributed by atoms with Crippen LogP contribution in [0.1, 0.15) is 41.5 Å². The van der Waals surface area contributed by atoms with Gasteiger partial charge in [-0.25, -0.2) is 48.3 Å². The van der Waals surface area contributed by atoms with Crippen molar-refractivity contribution in [1.29, 1.82) is 0 Å². The molecular weight excluding hydrogens is 683 g/mol. The lowest BCUT2D eigenvalue weighted by molar-refractivity contribution is 0.0603. The first kappa shape index (κ1) is 124. The molecule has 0 amide bonds. The second-order valence-corrected chi connectivity index (χ2v) is 4.81. The monoisotopic (exact) mass is 728 g/mol. The maximum atomic E-state index is 11.1. The first-order valence-corrected chi connectivity index (χ1v) is 7.79. The second-order valence-electron chi connectivity index (χ2n) is 4.81. The zero-order chi connectivity index (χ0) is 26.7. The van der Waals surface area contributed by atoms with Crippen molar-refractivity contribution < 1.29 is 101 Å². The molecule has 43 heavy (non-hydrogen) atoms. The lowest BCUT2D eigenvalue weighted by Gasteiger charge is -1.93. The average molecular weight is 729 g/mol. The number of hydrogen-bond acceptors (Lipinski definition) is 2. The van der Waals surface area contributed by atoms with Crippen LogP contribution in [0.4, 0.5) is 90.0 Å². The summed E-state index contributed by atoms with van der Waals surface area (Å²) in [5, 5.41) is 0. The van der Waals surface area contributed by atoms with E-state index >= 15 is 0 Å². The molecule has 3 atom stereocenters. The molecule has 2 N–H and O–H groups in total. The minimum atomic E-state index is -2.81. The summed E-state index contributed by atoms with van der Waals surface area (Å²) in [6.45, 7) is 8.12. The fourth-order valence-electron chi connectivity index (χ4n) is 0. The van der Waals surface area contributed by atoms with Crippen LogP contribution < -0.4 is 0 Å². The van der Waals surface area contributed by atoms with Gasteiger partial charge in [-0.2, -0.15) is 18.7 Å². The standard InChI is InChI=1S/C3H5F3.C3H3F3.C3H6F2.2C3H4F2.C3H5F.2CH3.7FH.2H2O.H3P/c2*1-2(4)3(5)6;3*1-3(5)2-4;1-3(2)4;;;;;;;;;;;;/h2-3H,1H3;1H3;3H,2H2,1H3;2*2H,1H3;1H2,2H3;2*1H3;7*1H;2*1H2;1H3/q;;;;;;2*-1;;;;;;;;;;/p-2/b;;;2*3-2+;;;;;;;;;;;;;. The summed E-state index contributed by atoms with van der Waals surface area (Å²) < 4.78 is 141. The molecule has 0 saturated carbocycles. The van der Waals surface area contributed by atoms with Crippen molar-refractivity contribution in [3.8, 4) is 0 Å². The van der Waals surface area contributed by atoms with Gasteiger partial charge in [0.15, 0.2) is 12.0 Å². The molecule has 0 aromatic heterocycles. The van der Waals surface area contributed by atoms with Crippen LogP contribution in [0.5, 0.6) is 0 Å².